The van der Waals surface area contributed by atoms with E-state index in [-0.39, 0.29) is 24.0 Å². The number of halogens is 1. The summed E-state index contributed by atoms with van der Waals surface area (Å²) in [5.41, 5.74) is 1.31. The number of fused-ring (bicyclic) bond motifs is 1. The Bertz CT molecular complexity index is 766. The first-order valence-corrected chi connectivity index (χ1v) is 11.8. The van der Waals surface area contributed by atoms with Gasteiger partial charge in [-0.15, -0.1) is 24.0 Å². The van der Waals surface area contributed by atoms with E-state index in [1.165, 1.54) is 63.0 Å². The Morgan fingerprint density at radius 2 is 1.68 bits per heavy atom. The van der Waals surface area contributed by atoms with Gasteiger partial charge in [0.2, 0.25) is 0 Å². The summed E-state index contributed by atoms with van der Waals surface area (Å²) in [7, 11) is 0. The number of aromatic nitrogens is 1. The Hall–Kier alpha value is -1.32. The zero-order valence-corrected chi connectivity index (χ0v) is 21.7. The molecule has 7 heteroatoms. The summed E-state index contributed by atoms with van der Waals surface area (Å²) >= 11 is 0. The minimum Gasteiger partial charge on any atom is -0.357 e. The van der Waals surface area contributed by atoms with Crippen LogP contribution in [0.4, 0.5) is 0 Å². The van der Waals surface area contributed by atoms with Crippen LogP contribution in [0.1, 0.15) is 33.1 Å². The van der Waals surface area contributed by atoms with E-state index in [4.69, 9.17) is 4.99 Å². The van der Waals surface area contributed by atoms with Crippen LogP contribution in [0.25, 0.3) is 10.9 Å². The molecule has 2 aromatic rings. The largest absolute Gasteiger partial charge is 0.357 e. The molecule has 2 N–H and O–H groups in total. The van der Waals surface area contributed by atoms with Crippen molar-refractivity contribution in [2.24, 2.45) is 4.99 Å². The molecule has 2 heterocycles. The van der Waals surface area contributed by atoms with Crippen molar-refractivity contribution in [3.05, 3.63) is 36.5 Å². The van der Waals surface area contributed by atoms with Crippen molar-refractivity contribution >= 4 is 40.8 Å². The Labute approximate surface area is 205 Å². The molecule has 1 saturated heterocycles. The van der Waals surface area contributed by atoms with E-state index in [1.807, 2.05) is 0 Å². The van der Waals surface area contributed by atoms with Crippen molar-refractivity contribution in [3.8, 4) is 0 Å². The van der Waals surface area contributed by atoms with Gasteiger partial charge in [0, 0.05) is 64.1 Å². The minimum atomic E-state index is 0. The number of rotatable bonds is 11. The molecule has 0 spiro atoms. The fourth-order valence-corrected chi connectivity index (χ4v) is 4.11. The number of piperazine rings is 1. The number of nitrogens with one attached hydrogen (secondary N) is 2. The molecule has 1 aliphatic rings. The molecule has 174 valence electrons. The summed E-state index contributed by atoms with van der Waals surface area (Å²) in [6.07, 6.45) is 5.66. The molecule has 0 bridgehead atoms. The van der Waals surface area contributed by atoms with Crippen LogP contribution in [0.15, 0.2) is 41.5 Å². The maximum Gasteiger partial charge on any atom is 0.191 e. The topological polar surface area (TPSA) is 47.8 Å². The van der Waals surface area contributed by atoms with Crippen molar-refractivity contribution < 1.29 is 0 Å². The van der Waals surface area contributed by atoms with Gasteiger partial charge >= 0.3 is 0 Å². The molecule has 0 saturated carbocycles. The predicted molar refractivity (Wildman–Crippen MR) is 144 cm³/mol. The Morgan fingerprint density at radius 3 is 2.45 bits per heavy atom. The highest BCUT2D eigenvalue weighted by atomic mass is 127. The van der Waals surface area contributed by atoms with Crippen LogP contribution in [0.3, 0.4) is 0 Å². The molecule has 1 aromatic carbocycles. The first kappa shape index (κ1) is 25.9. The highest BCUT2D eigenvalue weighted by Gasteiger charge is 2.14. The Balaban J connectivity index is 0.00000341. The summed E-state index contributed by atoms with van der Waals surface area (Å²) in [4.78, 5) is 9.91. The first-order valence-electron chi connectivity index (χ1n) is 11.8. The van der Waals surface area contributed by atoms with Gasteiger partial charge in [-0.2, -0.15) is 0 Å². The molecule has 1 aromatic heterocycles. The van der Waals surface area contributed by atoms with Gasteiger partial charge in [0.25, 0.3) is 0 Å². The van der Waals surface area contributed by atoms with Crippen molar-refractivity contribution in [2.75, 3.05) is 58.9 Å². The van der Waals surface area contributed by atoms with Gasteiger partial charge in [0.1, 0.15) is 0 Å². The average molecular weight is 541 g/mol. The van der Waals surface area contributed by atoms with E-state index in [1.54, 1.807) is 0 Å². The predicted octanol–water partition coefficient (Wildman–Crippen LogP) is 3.62. The van der Waals surface area contributed by atoms with Crippen LogP contribution >= 0.6 is 24.0 Å². The van der Waals surface area contributed by atoms with Gasteiger partial charge in [-0.3, -0.25) is 4.99 Å². The van der Waals surface area contributed by atoms with Gasteiger partial charge in [0.05, 0.1) is 0 Å². The summed E-state index contributed by atoms with van der Waals surface area (Å²) < 4.78 is 2.32. The molecule has 1 aliphatic heterocycles. The van der Waals surface area contributed by atoms with E-state index < -0.39 is 0 Å². The fourth-order valence-electron chi connectivity index (χ4n) is 4.11. The highest BCUT2D eigenvalue weighted by molar-refractivity contribution is 14.0. The number of unbranched alkanes of at least 4 members (excludes halogenated alkanes) is 1. The lowest BCUT2D eigenvalue weighted by Crippen LogP contribution is -2.46. The van der Waals surface area contributed by atoms with Gasteiger partial charge in [-0.1, -0.05) is 25.1 Å². The molecule has 6 nitrogen and oxygen atoms in total. The highest BCUT2D eigenvalue weighted by Crippen LogP contribution is 2.15. The lowest BCUT2D eigenvalue weighted by Gasteiger charge is -2.34. The second-order valence-electron chi connectivity index (χ2n) is 8.09. The normalized spacial score (nSPS) is 15.7. The zero-order valence-electron chi connectivity index (χ0n) is 19.4. The minimum absolute atomic E-state index is 0. The number of benzene rings is 1. The number of likely N-dealkylation sites (N-methyl/N-ethyl adjacent to an activating group) is 1. The van der Waals surface area contributed by atoms with Crippen LogP contribution in [0.2, 0.25) is 0 Å². The van der Waals surface area contributed by atoms with Crippen molar-refractivity contribution in [1.82, 2.24) is 25.0 Å². The summed E-state index contributed by atoms with van der Waals surface area (Å²) in [6, 6.07) is 10.7. The summed E-state index contributed by atoms with van der Waals surface area (Å²) in [6.45, 7) is 15.4. The molecule has 31 heavy (non-hydrogen) atoms. The van der Waals surface area contributed by atoms with Crippen molar-refractivity contribution in [1.29, 1.82) is 0 Å². The number of guanidine groups is 1. The molecule has 0 amide bonds. The third kappa shape index (κ3) is 8.61. The van der Waals surface area contributed by atoms with E-state index in [0.29, 0.717) is 0 Å². The summed E-state index contributed by atoms with van der Waals surface area (Å²) in [5, 5.41) is 8.19. The third-order valence-corrected chi connectivity index (χ3v) is 5.96. The molecule has 0 aliphatic carbocycles. The van der Waals surface area contributed by atoms with Crippen molar-refractivity contribution in [3.63, 3.8) is 0 Å². The molecular formula is C24H41IN6. The number of hydrogen-bond donors (Lipinski definition) is 2. The number of aliphatic imine (C=N–C) groups is 1. The standard InChI is InChI=1S/C24H40N6.HI/c1-3-25-24(26-13-7-8-15-29-20-18-28(4-2)19-21-29)27-14-9-16-30-17-12-22-10-5-6-11-23(22)30;/h5-6,10-12,17H,3-4,7-9,13-16,18-21H2,1-2H3,(H2,25,26,27);1H. The molecule has 0 radical (unpaired) electrons. The van der Waals surface area contributed by atoms with Crippen LogP contribution in [0.5, 0.6) is 0 Å². The summed E-state index contributed by atoms with van der Waals surface area (Å²) in [5.74, 6) is 0.950. The van der Waals surface area contributed by atoms with Gasteiger partial charge < -0.3 is 25.0 Å². The fraction of sp³-hybridized carbons (Fsp3) is 0.625. The van der Waals surface area contributed by atoms with Crippen LogP contribution in [-0.4, -0.2) is 79.2 Å². The maximum absolute atomic E-state index is 4.76. The lowest BCUT2D eigenvalue weighted by molar-refractivity contribution is 0.136. The van der Waals surface area contributed by atoms with E-state index in [2.05, 4.69) is 75.4 Å². The third-order valence-electron chi connectivity index (χ3n) is 5.96. The van der Waals surface area contributed by atoms with E-state index in [0.717, 1.165) is 38.6 Å². The Morgan fingerprint density at radius 1 is 0.903 bits per heavy atom. The van der Waals surface area contributed by atoms with Crippen LogP contribution in [0, 0.1) is 0 Å². The monoisotopic (exact) mass is 540 g/mol. The molecular weight excluding hydrogens is 499 g/mol. The smallest absolute Gasteiger partial charge is 0.191 e. The molecule has 1 fully saturated rings. The SMILES string of the molecule is CCNC(=NCCCn1ccc2ccccc21)NCCCCN1CCN(CC)CC1.I. The lowest BCUT2D eigenvalue weighted by atomic mass is 10.2. The number of aryl methyl sites for hydroxylation is 1. The second-order valence-corrected chi connectivity index (χ2v) is 8.09. The molecule has 0 unspecified atom stereocenters. The maximum atomic E-state index is 4.76. The van der Waals surface area contributed by atoms with Gasteiger partial charge in [0.15, 0.2) is 5.96 Å². The van der Waals surface area contributed by atoms with E-state index >= 15 is 0 Å². The quantitative estimate of drug-likeness (QED) is 0.198. The zero-order chi connectivity index (χ0) is 21.0. The van der Waals surface area contributed by atoms with Crippen LogP contribution in [-0.2, 0) is 6.54 Å². The average Bonchev–Trinajstić information content (AvgIpc) is 3.20. The molecule has 0 atom stereocenters. The van der Waals surface area contributed by atoms with Gasteiger partial charge in [-0.25, -0.2) is 0 Å². The first-order chi connectivity index (χ1) is 14.8. The molecule has 3 rings (SSSR count). The van der Waals surface area contributed by atoms with E-state index in [9.17, 15) is 0 Å². The number of para-hydroxylation sites is 1. The second kappa shape index (κ2) is 14.7. The van der Waals surface area contributed by atoms with Crippen LogP contribution < -0.4 is 10.6 Å². The van der Waals surface area contributed by atoms with Crippen molar-refractivity contribution in [2.45, 2.75) is 39.7 Å². The van der Waals surface area contributed by atoms with Gasteiger partial charge in [-0.05, 0) is 56.8 Å². The number of nitrogens with zero attached hydrogens (tertiary/aromatic N) is 4. The number of hydrogen-bond acceptors (Lipinski definition) is 3. The Kier molecular flexibility index (Phi) is 12.3.